The Hall–Kier alpha value is -2.01. The van der Waals surface area contributed by atoms with Crippen LogP contribution >= 0.6 is 15.9 Å². The summed E-state index contributed by atoms with van der Waals surface area (Å²) in [7, 11) is 0. The van der Waals surface area contributed by atoms with E-state index in [9.17, 15) is 4.79 Å². The van der Waals surface area contributed by atoms with Crippen LogP contribution in [0.25, 0.3) is 16.6 Å². The van der Waals surface area contributed by atoms with Gasteiger partial charge in [-0.1, -0.05) is 39.3 Å². The van der Waals surface area contributed by atoms with Crippen molar-refractivity contribution in [3.63, 3.8) is 0 Å². The van der Waals surface area contributed by atoms with Crippen LogP contribution in [0.5, 0.6) is 0 Å². The number of benzene rings is 2. The van der Waals surface area contributed by atoms with E-state index in [1.54, 1.807) is 12.1 Å². The molecule has 1 aromatic heterocycles. The van der Waals surface area contributed by atoms with Crippen molar-refractivity contribution in [1.29, 1.82) is 0 Å². The lowest BCUT2D eigenvalue weighted by Gasteiger charge is -2.04. The first-order valence-electron chi connectivity index (χ1n) is 5.36. The van der Waals surface area contributed by atoms with Gasteiger partial charge in [-0.25, -0.2) is 0 Å². The Balaban J connectivity index is 2.33. The first-order valence-corrected chi connectivity index (χ1v) is 6.16. The molecule has 0 spiro atoms. The molecule has 0 saturated heterocycles. The number of halogens is 1. The summed E-state index contributed by atoms with van der Waals surface area (Å²) >= 11 is 3.35. The Bertz CT molecular complexity index is 768. The van der Waals surface area contributed by atoms with Gasteiger partial charge in [0.25, 0.3) is 5.56 Å². The lowest BCUT2D eigenvalue weighted by molar-refractivity contribution is 0.738. The van der Waals surface area contributed by atoms with Crippen LogP contribution in [0, 0.1) is 0 Å². The Morgan fingerprint density at radius 1 is 1.06 bits per heavy atom. The molecule has 2 aromatic carbocycles. The summed E-state index contributed by atoms with van der Waals surface area (Å²) in [5, 5.41) is 8.54. The third-order valence-electron chi connectivity index (χ3n) is 2.62. The van der Waals surface area contributed by atoms with Crippen molar-refractivity contribution in [1.82, 2.24) is 15.0 Å². The summed E-state index contributed by atoms with van der Waals surface area (Å²) < 4.78 is 2.15. The number of aromatic nitrogens is 3. The van der Waals surface area contributed by atoms with E-state index in [2.05, 4.69) is 26.2 Å². The molecule has 18 heavy (non-hydrogen) atoms. The van der Waals surface area contributed by atoms with Crippen LogP contribution in [0.1, 0.15) is 0 Å². The number of hydrogen-bond acceptors (Lipinski definition) is 3. The third-order valence-corrected chi connectivity index (χ3v) is 3.12. The van der Waals surface area contributed by atoms with Crippen molar-refractivity contribution in [2.75, 3.05) is 0 Å². The van der Waals surface area contributed by atoms with Crippen LogP contribution in [0.4, 0.5) is 0 Å². The highest BCUT2D eigenvalue weighted by Crippen LogP contribution is 2.15. The summed E-state index contributed by atoms with van der Waals surface area (Å²) in [4.78, 5) is 12.3. The van der Waals surface area contributed by atoms with Crippen LogP contribution in [0.3, 0.4) is 0 Å². The van der Waals surface area contributed by atoms with E-state index in [4.69, 9.17) is 0 Å². The predicted molar refractivity (Wildman–Crippen MR) is 72.8 cm³/mol. The number of fused-ring (bicyclic) bond motifs is 1. The van der Waals surface area contributed by atoms with E-state index in [1.807, 2.05) is 36.4 Å². The Labute approximate surface area is 111 Å². The van der Waals surface area contributed by atoms with E-state index in [0.717, 1.165) is 4.47 Å². The molecule has 88 valence electrons. The lowest BCUT2D eigenvalue weighted by Crippen LogP contribution is -2.22. The minimum absolute atomic E-state index is 0.174. The van der Waals surface area contributed by atoms with Crippen LogP contribution in [0.15, 0.2) is 57.8 Å². The molecule has 0 saturated carbocycles. The summed E-state index contributed by atoms with van der Waals surface area (Å²) in [5.74, 6) is 0. The average Bonchev–Trinajstić information content (AvgIpc) is 2.41. The fourth-order valence-corrected chi connectivity index (χ4v) is 2.11. The maximum atomic E-state index is 12.3. The monoisotopic (exact) mass is 301 g/mol. The minimum atomic E-state index is -0.174. The number of para-hydroxylation sites is 1. The molecule has 0 fully saturated rings. The maximum Gasteiger partial charge on any atom is 0.282 e. The zero-order valence-corrected chi connectivity index (χ0v) is 10.8. The van der Waals surface area contributed by atoms with E-state index in [-0.39, 0.29) is 5.56 Å². The average molecular weight is 302 g/mol. The Kier molecular flexibility index (Phi) is 2.68. The number of nitrogens with zero attached hydrogens (tertiary/aromatic N) is 3. The summed E-state index contributed by atoms with van der Waals surface area (Å²) in [6.45, 7) is 0. The molecule has 0 unspecified atom stereocenters. The second kappa shape index (κ2) is 4.34. The molecule has 0 bridgehead atoms. The molecule has 5 heteroatoms. The molecule has 3 rings (SSSR count). The van der Waals surface area contributed by atoms with Gasteiger partial charge >= 0.3 is 0 Å². The first kappa shape index (κ1) is 11.1. The van der Waals surface area contributed by atoms with Gasteiger partial charge < -0.3 is 0 Å². The fourth-order valence-electron chi connectivity index (χ4n) is 1.75. The molecular weight excluding hydrogens is 294 g/mol. The Morgan fingerprint density at radius 3 is 2.61 bits per heavy atom. The molecule has 0 aliphatic rings. The van der Waals surface area contributed by atoms with E-state index >= 15 is 0 Å². The van der Waals surface area contributed by atoms with Crippen LogP contribution in [0.2, 0.25) is 0 Å². The largest absolute Gasteiger partial charge is 0.282 e. The summed E-state index contributed by atoms with van der Waals surface area (Å²) in [5.41, 5.74) is 1.12. The SMILES string of the molecule is O=c1c2cc(Br)ccc2nnn1-c1ccccc1. The molecule has 0 N–H and O–H groups in total. The van der Waals surface area contributed by atoms with Crippen molar-refractivity contribution in [2.45, 2.75) is 0 Å². The molecule has 0 aliphatic carbocycles. The molecule has 3 aromatic rings. The first-order chi connectivity index (χ1) is 8.75. The van der Waals surface area contributed by atoms with Crippen molar-refractivity contribution in [2.24, 2.45) is 0 Å². The number of rotatable bonds is 1. The van der Waals surface area contributed by atoms with E-state index in [0.29, 0.717) is 16.6 Å². The smallest absolute Gasteiger partial charge is 0.267 e. The molecule has 1 heterocycles. The van der Waals surface area contributed by atoms with Crippen LogP contribution in [-0.2, 0) is 0 Å². The van der Waals surface area contributed by atoms with E-state index < -0.39 is 0 Å². The zero-order valence-electron chi connectivity index (χ0n) is 9.25. The second-order valence-corrected chi connectivity index (χ2v) is 4.72. The van der Waals surface area contributed by atoms with Crippen molar-refractivity contribution >= 4 is 26.8 Å². The second-order valence-electron chi connectivity index (χ2n) is 3.80. The maximum absolute atomic E-state index is 12.3. The predicted octanol–water partition coefficient (Wildman–Crippen LogP) is 2.54. The summed E-state index contributed by atoms with van der Waals surface area (Å²) in [6, 6.07) is 14.6. The van der Waals surface area contributed by atoms with Crippen LogP contribution < -0.4 is 5.56 Å². The van der Waals surface area contributed by atoms with Gasteiger partial charge in [-0.05, 0) is 30.3 Å². The molecule has 0 aliphatic heterocycles. The topological polar surface area (TPSA) is 47.8 Å². The Morgan fingerprint density at radius 2 is 1.83 bits per heavy atom. The standard InChI is InChI=1S/C13H8BrN3O/c14-9-6-7-12-11(8-9)13(18)17(16-15-12)10-4-2-1-3-5-10/h1-8H. The van der Waals surface area contributed by atoms with Gasteiger partial charge in [-0.15, -0.1) is 5.10 Å². The van der Waals surface area contributed by atoms with Gasteiger partial charge in [0.05, 0.1) is 11.1 Å². The molecule has 0 amide bonds. The molecule has 0 atom stereocenters. The normalized spacial score (nSPS) is 10.7. The lowest BCUT2D eigenvalue weighted by atomic mass is 10.2. The molecule has 4 nitrogen and oxygen atoms in total. The highest BCUT2D eigenvalue weighted by Gasteiger charge is 2.07. The van der Waals surface area contributed by atoms with Gasteiger partial charge in [0, 0.05) is 4.47 Å². The van der Waals surface area contributed by atoms with Gasteiger partial charge in [0.2, 0.25) is 0 Å². The zero-order chi connectivity index (χ0) is 12.5. The van der Waals surface area contributed by atoms with Crippen molar-refractivity contribution in [3.05, 3.63) is 63.4 Å². The van der Waals surface area contributed by atoms with Gasteiger partial charge in [0.15, 0.2) is 0 Å². The molecular formula is C13H8BrN3O. The van der Waals surface area contributed by atoms with Crippen LogP contribution in [-0.4, -0.2) is 15.0 Å². The highest BCUT2D eigenvalue weighted by molar-refractivity contribution is 9.10. The van der Waals surface area contributed by atoms with Crippen molar-refractivity contribution < 1.29 is 0 Å². The third kappa shape index (κ3) is 1.82. The molecule has 0 radical (unpaired) electrons. The number of hydrogen-bond donors (Lipinski definition) is 0. The highest BCUT2D eigenvalue weighted by atomic mass is 79.9. The fraction of sp³-hybridized carbons (Fsp3) is 0. The summed E-state index contributed by atoms with van der Waals surface area (Å²) in [6.07, 6.45) is 0. The van der Waals surface area contributed by atoms with E-state index in [1.165, 1.54) is 4.68 Å². The van der Waals surface area contributed by atoms with Gasteiger partial charge in [0.1, 0.15) is 5.52 Å². The quantitative estimate of drug-likeness (QED) is 0.694. The van der Waals surface area contributed by atoms with Crippen molar-refractivity contribution in [3.8, 4) is 5.69 Å². The van der Waals surface area contributed by atoms with Gasteiger partial charge in [-0.3, -0.25) is 4.79 Å². The van der Waals surface area contributed by atoms with Gasteiger partial charge in [-0.2, -0.15) is 4.68 Å². The minimum Gasteiger partial charge on any atom is -0.267 e.